The van der Waals surface area contributed by atoms with Crippen LogP contribution in [0.25, 0.3) is 0 Å². The Bertz CT molecular complexity index is 564. The second kappa shape index (κ2) is 6.01. The number of carboxylic acids is 1. The van der Waals surface area contributed by atoms with Crippen LogP contribution in [-0.2, 0) is 4.79 Å². The quantitative estimate of drug-likeness (QED) is 0.931. The Kier molecular flexibility index (Phi) is 3.92. The Morgan fingerprint density at radius 3 is 2.86 bits per heavy atom. The van der Waals surface area contributed by atoms with Crippen LogP contribution in [0.15, 0.2) is 48.9 Å². The van der Waals surface area contributed by atoms with Crippen molar-refractivity contribution in [3.05, 3.63) is 60.2 Å². The first-order chi connectivity index (χ1) is 10.3. The van der Waals surface area contributed by atoms with Crippen LogP contribution < -0.4 is 0 Å². The first-order valence-electron chi connectivity index (χ1n) is 7.07. The van der Waals surface area contributed by atoms with Gasteiger partial charge in [-0.1, -0.05) is 12.1 Å². The van der Waals surface area contributed by atoms with Gasteiger partial charge in [0.25, 0.3) is 0 Å². The molecule has 21 heavy (non-hydrogen) atoms. The van der Waals surface area contributed by atoms with Crippen molar-refractivity contribution >= 4 is 5.97 Å². The molecule has 0 aliphatic carbocycles. The number of hydrogen-bond acceptors (Lipinski definition) is 4. The Hall–Kier alpha value is -2.27. The molecule has 3 rings (SSSR count). The van der Waals surface area contributed by atoms with Crippen molar-refractivity contribution < 1.29 is 9.90 Å². The molecule has 0 spiro atoms. The van der Waals surface area contributed by atoms with Gasteiger partial charge in [0, 0.05) is 25.1 Å². The number of carbonyl (C=O) groups is 1. The fourth-order valence-corrected chi connectivity index (χ4v) is 2.97. The molecule has 108 valence electrons. The molecule has 2 aromatic heterocycles. The van der Waals surface area contributed by atoms with Crippen molar-refractivity contribution in [3.8, 4) is 0 Å². The van der Waals surface area contributed by atoms with E-state index in [1.54, 1.807) is 18.6 Å². The van der Waals surface area contributed by atoms with Crippen LogP contribution in [0, 0.1) is 0 Å². The number of rotatable bonds is 4. The minimum absolute atomic E-state index is 0.163. The maximum absolute atomic E-state index is 11.5. The first-order valence-corrected chi connectivity index (χ1v) is 7.07. The van der Waals surface area contributed by atoms with Gasteiger partial charge in [0.05, 0.1) is 11.7 Å². The Morgan fingerprint density at radius 1 is 1.29 bits per heavy atom. The largest absolute Gasteiger partial charge is 0.480 e. The van der Waals surface area contributed by atoms with Crippen molar-refractivity contribution in [1.29, 1.82) is 0 Å². The predicted molar refractivity (Wildman–Crippen MR) is 77.7 cm³/mol. The molecule has 0 amide bonds. The van der Waals surface area contributed by atoms with Crippen LogP contribution in [0.3, 0.4) is 0 Å². The third-order valence-corrected chi connectivity index (χ3v) is 3.88. The fraction of sp³-hybridized carbons (Fsp3) is 0.312. The SMILES string of the molecule is O=C(O)C1CCCN1C(c1cccnc1)c1ccccn1. The van der Waals surface area contributed by atoms with E-state index < -0.39 is 12.0 Å². The monoisotopic (exact) mass is 283 g/mol. The van der Waals surface area contributed by atoms with Crippen LogP contribution in [0.5, 0.6) is 0 Å². The fourth-order valence-electron chi connectivity index (χ4n) is 2.97. The summed E-state index contributed by atoms with van der Waals surface area (Å²) in [6.07, 6.45) is 6.82. The molecule has 0 bridgehead atoms. The van der Waals surface area contributed by atoms with Gasteiger partial charge in [0.2, 0.25) is 0 Å². The van der Waals surface area contributed by atoms with Gasteiger partial charge in [-0.05, 0) is 36.6 Å². The third kappa shape index (κ3) is 2.78. The van der Waals surface area contributed by atoms with Crippen molar-refractivity contribution in [2.75, 3.05) is 6.54 Å². The average Bonchev–Trinajstić information content (AvgIpc) is 2.99. The van der Waals surface area contributed by atoms with E-state index in [2.05, 4.69) is 9.97 Å². The summed E-state index contributed by atoms with van der Waals surface area (Å²) < 4.78 is 0. The summed E-state index contributed by atoms with van der Waals surface area (Å²) >= 11 is 0. The first kappa shape index (κ1) is 13.7. The zero-order valence-electron chi connectivity index (χ0n) is 11.6. The Labute approximate surface area is 123 Å². The molecule has 0 saturated carbocycles. The summed E-state index contributed by atoms with van der Waals surface area (Å²) in [4.78, 5) is 22.1. The van der Waals surface area contributed by atoms with E-state index >= 15 is 0 Å². The molecule has 1 N–H and O–H groups in total. The summed E-state index contributed by atoms with van der Waals surface area (Å²) in [7, 11) is 0. The maximum Gasteiger partial charge on any atom is 0.320 e. The van der Waals surface area contributed by atoms with Crippen molar-refractivity contribution in [3.63, 3.8) is 0 Å². The number of aliphatic carboxylic acids is 1. The number of hydrogen-bond donors (Lipinski definition) is 1. The van der Waals surface area contributed by atoms with Gasteiger partial charge >= 0.3 is 5.97 Å². The summed E-state index contributed by atoms with van der Waals surface area (Å²) in [5, 5.41) is 9.45. The lowest BCUT2D eigenvalue weighted by atomic mass is 10.0. The molecule has 0 radical (unpaired) electrons. The second-order valence-corrected chi connectivity index (χ2v) is 5.18. The maximum atomic E-state index is 11.5. The summed E-state index contributed by atoms with van der Waals surface area (Å²) in [6, 6.07) is 8.95. The van der Waals surface area contributed by atoms with Gasteiger partial charge in [-0.25, -0.2) is 0 Å². The highest BCUT2D eigenvalue weighted by atomic mass is 16.4. The van der Waals surface area contributed by atoms with Crippen LogP contribution in [0.4, 0.5) is 0 Å². The molecular formula is C16H17N3O2. The third-order valence-electron chi connectivity index (χ3n) is 3.88. The number of likely N-dealkylation sites (tertiary alicyclic amines) is 1. The topological polar surface area (TPSA) is 66.3 Å². The molecule has 1 aliphatic heterocycles. The average molecular weight is 283 g/mol. The smallest absolute Gasteiger partial charge is 0.320 e. The zero-order valence-corrected chi connectivity index (χ0v) is 11.6. The van der Waals surface area contributed by atoms with Crippen molar-refractivity contribution in [1.82, 2.24) is 14.9 Å². The molecule has 3 heterocycles. The van der Waals surface area contributed by atoms with Gasteiger partial charge in [-0.3, -0.25) is 19.7 Å². The lowest BCUT2D eigenvalue weighted by Gasteiger charge is -2.30. The molecule has 5 nitrogen and oxygen atoms in total. The van der Waals surface area contributed by atoms with E-state index in [9.17, 15) is 9.90 Å². The molecule has 0 aromatic carbocycles. The lowest BCUT2D eigenvalue weighted by molar-refractivity contribution is -0.142. The highest BCUT2D eigenvalue weighted by Gasteiger charge is 2.37. The number of aromatic nitrogens is 2. The van der Waals surface area contributed by atoms with Crippen LogP contribution in [-0.4, -0.2) is 38.5 Å². The van der Waals surface area contributed by atoms with E-state index in [0.29, 0.717) is 6.42 Å². The van der Waals surface area contributed by atoms with Gasteiger partial charge in [-0.15, -0.1) is 0 Å². The molecule has 2 atom stereocenters. The Morgan fingerprint density at radius 2 is 2.19 bits per heavy atom. The lowest BCUT2D eigenvalue weighted by Crippen LogP contribution is -2.39. The molecular weight excluding hydrogens is 266 g/mol. The van der Waals surface area contributed by atoms with Gasteiger partial charge in [0.1, 0.15) is 6.04 Å². The normalized spacial score (nSPS) is 20.3. The standard InChI is InChI=1S/C16H17N3O2/c20-16(21)14-7-4-10-19(14)15(12-5-3-8-17-11-12)13-6-1-2-9-18-13/h1-3,5-6,8-9,11,14-15H,4,7,10H2,(H,20,21). The van der Waals surface area contributed by atoms with E-state index in [-0.39, 0.29) is 6.04 Å². The molecule has 2 aromatic rings. The van der Waals surface area contributed by atoms with Crippen LogP contribution in [0.2, 0.25) is 0 Å². The van der Waals surface area contributed by atoms with Crippen LogP contribution in [0.1, 0.15) is 30.1 Å². The van der Waals surface area contributed by atoms with E-state index in [1.807, 2.05) is 35.2 Å². The summed E-state index contributed by atoms with van der Waals surface area (Å²) in [5.41, 5.74) is 1.84. The molecule has 1 aliphatic rings. The molecule has 2 unspecified atom stereocenters. The second-order valence-electron chi connectivity index (χ2n) is 5.18. The van der Waals surface area contributed by atoms with Gasteiger partial charge in [0.15, 0.2) is 0 Å². The number of pyridine rings is 2. The van der Waals surface area contributed by atoms with E-state index in [4.69, 9.17) is 0 Å². The van der Waals surface area contributed by atoms with Gasteiger partial charge in [-0.2, -0.15) is 0 Å². The number of nitrogens with zero attached hydrogens (tertiary/aromatic N) is 3. The minimum Gasteiger partial charge on any atom is -0.480 e. The van der Waals surface area contributed by atoms with E-state index in [0.717, 1.165) is 24.2 Å². The van der Waals surface area contributed by atoms with Crippen molar-refractivity contribution in [2.45, 2.75) is 24.9 Å². The zero-order chi connectivity index (χ0) is 14.7. The molecule has 1 fully saturated rings. The van der Waals surface area contributed by atoms with E-state index in [1.165, 1.54) is 0 Å². The predicted octanol–water partition coefficient (Wildman–Crippen LogP) is 2.12. The van der Waals surface area contributed by atoms with Gasteiger partial charge < -0.3 is 5.11 Å². The van der Waals surface area contributed by atoms with Crippen LogP contribution >= 0.6 is 0 Å². The highest BCUT2D eigenvalue weighted by molar-refractivity contribution is 5.74. The Balaban J connectivity index is 2.03. The molecule has 5 heteroatoms. The molecule has 1 saturated heterocycles. The highest BCUT2D eigenvalue weighted by Crippen LogP contribution is 2.33. The summed E-state index contributed by atoms with van der Waals surface area (Å²) in [6.45, 7) is 0.757. The van der Waals surface area contributed by atoms with Crippen molar-refractivity contribution in [2.24, 2.45) is 0 Å². The summed E-state index contributed by atoms with van der Waals surface area (Å²) in [5.74, 6) is -0.766. The minimum atomic E-state index is -0.766. The number of carboxylic acid groups (broad SMARTS) is 1.